The number of morpholine rings is 1. The van der Waals surface area contributed by atoms with Gasteiger partial charge < -0.3 is 14.6 Å². The first-order chi connectivity index (χ1) is 7.84. The minimum Gasteiger partial charge on any atom is -0.378 e. The molecular formula is C12H15N3O. The molecule has 1 N–H and O–H groups in total. The van der Waals surface area contributed by atoms with Crippen LogP contribution in [0.5, 0.6) is 0 Å². The fourth-order valence-corrected chi connectivity index (χ4v) is 2.15. The second-order valence-corrected chi connectivity index (χ2v) is 4.19. The zero-order valence-electron chi connectivity index (χ0n) is 9.31. The first-order valence-corrected chi connectivity index (χ1v) is 5.57. The van der Waals surface area contributed by atoms with Crippen LogP contribution in [0.4, 0.5) is 0 Å². The molecular weight excluding hydrogens is 202 g/mol. The van der Waals surface area contributed by atoms with Crippen LogP contribution in [0.3, 0.4) is 0 Å². The molecule has 0 saturated carbocycles. The van der Waals surface area contributed by atoms with Crippen molar-refractivity contribution < 1.29 is 4.74 Å². The van der Waals surface area contributed by atoms with Gasteiger partial charge in [-0.1, -0.05) is 6.07 Å². The molecule has 1 aliphatic heterocycles. The second-order valence-electron chi connectivity index (χ2n) is 4.19. The van der Waals surface area contributed by atoms with Gasteiger partial charge in [-0.2, -0.15) is 0 Å². The molecule has 1 fully saturated rings. The lowest BCUT2D eigenvalue weighted by molar-refractivity contribution is 0.0769. The number of hydrogen-bond donors (Lipinski definition) is 1. The molecule has 1 aliphatic rings. The number of aryl methyl sites for hydroxylation is 1. The van der Waals surface area contributed by atoms with Crippen LogP contribution in [0.2, 0.25) is 0 Å². The Labute approximate surface area is 94.2 Å². The molecule has 2 aromatic rings. The van der Waals surface area contributed by atoms with E-state index in [0.717, 1.165) is 25.3 Å². The van der Waals surface area contributed by atoms with E-state index in [1.165, 1.54) is 11.1 Å². The molecule has 0 radical (unpaired) electrons. The van der Waals surface area contributed by atoms with Gasteiger partial charge in [0.15, 0.2) is 0 Å². The van der Waals surface area contributed by atoms with Gasteiger partial charge in [0, 0.05) is 13.6 Å². The van der Waals surface area contributed by atoms with Crippen molar-refractivity contribution in [2.24, 2.45) is 7.05 Å². The maximum absolute atomic E-state index is 5.47. The first-order valence-electron chi connectivity index (χ1n) is 5.57. The third kappa shape index (κ3) is 1.60. The highest BCUT2D eigenvalue weighted by atomic mass is 16.5. The van der Waals surface area contributed by atoms with Crippen LogP contribution in [-0.2, 0) is 11.8 Å². The lowest BCUT2D eigenvalue weighted by atomic mass is 10.1. The Kier molecular flexibility index (Phi) is 2.38. The summed E-state index contributed by atoms with van der Waals surface area (Å²) in [5.74, 6) is 0. The molecule has 1 aromatic carbocycles. The number of benzene rings is 1. The minimum atomic E-state index is 0.306. The van der Waals surface area contributed by atoms with E-state index >= 15 is 0 Å². The van der Waals surface area contributed by atoms with E-state index in [0.29, 0.717) is 6.04 Å². The monoisotopic (exact) mass is 217 g/mol. The zero-order chi connectivity index (χ0) is 11.0. The Morgan fingerprint density at radius 1 is 1.50 bits per heavy atom. The highest BCUT2D eigenvalue weighted by Gasteiger charge is 2.15. The Balaban J connectivity index is 1.97. The summed E-state index contributed by atoms with van der Waals surface area (Å²) in [5, 5.41) is 3.45. The maximum atomic E-state index is 5.47. The topological polar surface area (TPSA) is 39.1 Å². The largest absolute Gasteiger partial charge is 0.378 e. The fourth-order valence-electron chi connectivity index (χ4n) is 2.15. The normalized spacial score (nSPS) is 21.4. The van der Waals surface area contributed by atoms with Crippen molar-refractivity contribution in [1.82, 2.24) is 14.9 Å². The van der Waals surface area contributed by atoms with E-state index in [-0.39, 0.29) is 0 Å². The fraction of sp³-hybridized carbons (Fsp3) is 0.417. The number of rotatable bonds is 1. The van der Waals surface area contributed by atoms with Crippen LogP contribution in [0, 0.1) is 0 Å². The van der Waals surface area contributed by atoms with Gasteiger partial charge in [0.1, 0.15) is 0 Å². The summed E-state index contributed by atoms with van der Waals surface area (Å²) in [4.78, 5) is 4.37. The Bertz CT molecular complexity index is 500. The van der Waals surface area contributed by atoms with Gasteiger partial charge in [-0.3, -0.25) is 0 Å². The van der Waals surface area contributed by atoms with E-state index in [2.05, 4.69) is 28.5 Å². The molecule has 4 nitrogen and oxygen atoms in total. The summed E-state index contributed by atoms with van der Waals surface area (Å²) in [5.41, 5.74) is 3.47. The maximum Gasteiger partial charge on any atom is 0.0955 e. The van der Waals surface area contributed by atoms with Gasteiger partial charge in [-0.25, -0.2) is 4.98 Å². The van der Waals surface area contributed by atoms with Crippen molar-refractivity contribution >= 4 is 11.0 Å². The minimum absolute atomic E-state index is 0.306. The van der Waals surface area contributed by atoms with Crippen LogP contribution in [-0.4, -0.2) is 29.3 Å². The number of ether oxygens (including phenoxy) is 1. The predicted octanol–water partition coefficient (Wildman–Crippen LogP) is 1.23. The molecule has 0 bridgehead atoms. The Morgan fingerprint density at radius 3 is 3.25 bits per heavy atom. The predicted molar refractivity (Wildman–Crippen MR) is 62.3 cm³/mol. The van der Waals surface area contributed by atoms with Crippen LogP contribution < -0.4 is 5.32 Å². The van der Waals surface area contributed by atoms with E-state index in [1.807, 2.05) is 17.9 Å². The molecule has 0 amide bonds. The van der Waals surface area contributed by atoms with Gasteiger partial charge in [-0.05, 0) is 17.7 Å². The molecule has 4 heteroatoms. The SMILES string of the molecule is Cn1cnc2cc(C3COCCN3)ccc21. The summed E-state index contributed by atoms with van der Waals surface area (Å²) in [6, 6.07) is 6.71. The van der Waals surface area contributed by atoms with Crippen molar-refractivity contribution in [3.63, 3.8) is 0 Å². The van der Waals surface area contributed by atoms with E-state index in [9.17, 15) is 0 Å². The zero-order valence-corrected chi connectivity index (χ0v) is 9.31. The smallest absolute Gasteiger partial charge is 0.0955 e. The van der Waals surface area contributed by atoms with Gasteiger partial charge in [0.05, 0.1) is 36.6 Å². The van der Waals surface area contributed by atoms with Gasteiger partial charge in [0.25, 0.3) is 0 Å². The summed E-state index contributed by atoms with van der Waals surface area (Å²) in [7, 11) is 2.01. The first kappa shape index (κ1) is 9.81. The number of nitrogens with zero attached hydrogens (tertiary/aromatic N) is 2. The van der Waals surface area contributed by atoms with Crippen LogP contribution in [0.25, 0.3) is 11.0 Å². The molecule has 0 aliphatic carbocycles. The number of fused-ring (bicyclic) bond motifs is 1. The van der Waals surface area contributed by atoms with Gasteiger partial charge in [0.2, 0.25) is 0 Å². The second kappa shape index (κ2) is 3.88. The number of aromatic nitrogens is 2. The number of hydrogen-bond acceptors (Lipinski definition) is 3. The Hall–Kier alpha value is -1.39. The molecule has 3 rings (SSSR count). The van der Waals surface area contributed by atoms with E-state index in [1.54, 1.807) is 0 Å². The molecule has 2 heterocycles. The summed E-state index contributed by atoms with van der Waals surface area (Å²) in [6.45, 7) is 2.48. The third-order valence-electron chi connectivity index (χ3n) is 3.07. The van der Waals surface area contributed by atoms with Gasteiger partial charge in [-0.15, -0.1) is 0 Å². The molecule has 1 aromatic heterocycles. The summed E-state index contributed by atoms with van der Waals surface area (Å²) in [6.07, 6.45) is 1.85. The van der Waals surface area contributed by atoms with Crippen molar-refractivity contribution in [2.45, 2.75) is 6.04 Å². The molecule has 16 heavy (non-hydrogen) atoms. The highest BCUT2D eigenvalue weighted by molar-refractivity contribution is 5.76. The van der Waals surface area contributed by atoms with E-state index < -0.39 is 0 Å². The highest BCUT2D eigenvalue weighted by Crippen LogP contribution is 2.20. The van der Waals surface area contributed by atoms with Crippen LogP contribution in [0.15, 0.2) is 24.5 Å². The molecule has 1 atom stereocenters. The summed E-state index contributed by atoms with van der Waals surface area (Å²) < 4.78 is 7.50. The average molecular weight is 217 g/mol. The average Bonchev–Trinajstić information content (AvgIpc) is 2.72. The Morgan fingerprint density at radius 2 is 2.44 bits per heavy atom. The van der Waals surface area contributed by atoms with Crippen LogP contribution >= 0.6 is 0 Å². The van der Waals surface area contributed by atoms with Crippen molar-refractivity contribution in [3.8, 4) is 0 Å². The molecule has 1 saturated heterocycles. The van der Waals surface area contributed by atoms with Gasteiger partial charge >= 0.3 is 0 Å². The standard InChI is InChI=1S/C12H15N3O/c1-15-8-14-10-6-9(2-3-12(10)15)11-7-16-5-4-13-11/h2-3,6,8,11,13H,4-5,7H2,1H3. The third-order valence-corrected chi connectivity index (χ3v) is 3.07. The van der Waals surface area contributed by atoms with Crippen molar-refractivity contribution in [3.05, 3.63) is 30.1 Å². The molecule has 84 valence electrons. The van der Waals surface area contributed by atoms with Crippen molar-refractivity contribution in [1.29, 1.82) is 0 Å². The summed E-state index contributed by atoms with van der Waals surface area (Å²) >= 11 is 0. The number of imidazole rings is 1. The lowest BCUT2D eigenvalue weighted by Crippen LogP contribution is -2.34. The lowest BCUT2D eigenvalue weighted by Gasteiger charge is -2.24. The molecule has 0 spiro atoms. The van der Waals surface area contributed by atoms with Crippen molar-refractivity contribution in [2.75, 3.05) is 19.8 Å². The van der Waals surface area contributed by atoms with E-state index in [4.69, 9.17) is 4.74 Å². The molecule has 1 unspecified atom stereocenters. The van der Waals surface area contributed by atoms with Crippen LogP contribution in [0.1, 0.15) is 11.6 Å². The quantitative estimate of drug-likeness (QED) is 0.781. The number of nitrogens with one attached hydrogen (secondary N) is 1.